The molecule has 0 fully saturated rings. The van der Waals surface area contributed by atoms with Gasteiger partial charge in [-0.1, -0.05) is 12.1 Å². The molecule has 1 aromatic carbocycles. The van der Waals surface area contributed by atoms with E-state index in [9.17, 15) is 13.2 Å². The fraction of sp³-hybridized carbons (Fsp3) is 0.273. The van der Waals surface area contributed by atoms with E-state index in [1.165, 1.54) is 6.07 Å². The quantitative estimate of drug-likeness (QED) is 0.730. The van der Waals surface area contributed by atoms with Gasteiger partial charge in [-0.3, -0.25) is 9.71 Å². The predicted octanol–water partition coefficient (Wildman–Crippen LogP) is -0.174. The average Bonchev–Trinajstić information content (AvgIpc) is 2.61. The summed E-state index contributed by atoms with van der Waals surface area (Å²) in [6.07, 6.45) is 0. The van der Waals surface area contributed by atoms with Gasteiger partial charge in [-0.25, -0.2) is 13.2 Å². The molecule has 8 heteroatoms. The van der Waals surface area contributed by atoms with E-state index in [1.807, 2.05) is 0 Å². The molecule has 0 spiro atoms. The van der Waals surface area contributed by atoms with Crippen molar-refractivity contribution in [2.75, 3.05) is 19.8 Å². The number of nitrogens with one attached hydrogen (secondary N) is 1. The Hall–Kier alpha value is -1.93. The smallest absolute Gasteiger partial charge is 0.329 e. The summed E-state index contributed by atoms with van der Waals surface area (Å²) in [5.74, 6) is -0.797. The van der Waals surface area contributed by atoms with Gasteiger partial charge in [-0.05, 0) is 12.1 Å². The number of nitrogens with zero attached hydrogens (tertiary/aromatic N) is 1. The van der Waals surface area contributed by atoms with Crippen molar-refractivity contribution in [1.29, 1.82) is 0 Å². The molecule has 102 valence electrons. The summed E-state index contributed by atoms with van der Waals surface area (Å²) in [6, 6.07) is 6.51. The van der Waals surface area contributed by atoms with Crippen LogP contribution in [0.25, 0.3) is 0 Å². The van der Waals surface area contributed by atoms with Crippen LogP contribution >= 0.6 is 0 Å². The normalized spacial score (nSPS) is 18.0. The second-order valence-corrected chi connectivity index (χ2v) is 5.43. The standard InChI is InChI=1S/C11H12N2O5S/c14-10(15)7-18-6-5-12-11-8-3-1-2-4-9(8)19(16,17)13-11/h1-4H,5-7H2,(H,12,13)(H,14,15). The minimum atomic E-state index is -3.53. The van der Waals surface area contributed by atoms with Crippen molar-refractivity contribution in [3.05, 3.63) is 29.8 Å². The third-order valence-electron chi connectivity index (χ3n) is 2.39. The molecule has 0 amide bonds. The fourth-order valence-electron chi connectivity index (χ4n) is 1.63. The number of sulfonamides is 1. The Balaban J connectivity index is 2.05. The van der Waals surface area contributed by atoms with Crippen LogP contribution in [0.4, 0.5) is 0 Å². The van der Waals surface area contributed by atoms with Gasteiger partial charge < -0.3 is 9.84 Å². The summed E-state index contributed by atoms with van der Waals surface area (Å²) in [6.45, 7) is -0.105. The Morgan fingerprint density at radius 3 is 2.84 bits per heavy atom. The third-order valence-corrected chi connectivity index (χ3v) is 3.79. The van der Waals surface area contributed by atoms with Crippen molar-refractivity contribution in [2.24, 2.45) is 4.99 Å². The Morgan fingerprint density at radius 2 is 2.11 bits per heavy atom. The van der Waals surface area contributed by atoms with Crippen LogP contribution < -0.4 is 4.72 Å². The van der Waals surface area contributed by atoms with Gasteiger partial charge in [0.1, 0.15) is 12.4 Å². The van der Waals surface area contributed by atoms with Gasteiger partial charge in [0.2, 0.25) is 0 Å². The minimum Gasteiger partial charge on any atom is -0.480 e. The number of ether oxygens (including phenoxy) is 1. The number of benzene rings is 1. The number of aliphatic carboxylic acids is 1. The van der Waals surface area contributed by atoms with Crippen molar-refractivity contribution < 1.29 is 23.1 Å². The molecule has 1 aliphatic heterocycles. The second-order valence-electron chi connectivity index (χ2n) is 3.78. The first-order chi connectivity index (χ1) is 9.00. The number of amidine groups is 1. The minimum absolute atomic E-state index is 0.111. The lowest BCUT2D eigenvalue weighted by atomic mass is 10.2. The van der Waals surface area contributed by atoms with E-state index < -0.39 is 22.6 Å². The van der Waals surface area contributed by atoms with Crippen LogP contribution in [-0.4, -0.2) is 45.1 Å². The van der Waals surface area contributed by atoms with Crippen LogP contribution in [0.1, 0.15) is 5.56 Å². The molecule has 0 bridgehead atoms. The maximum absolute atomic E-state index is 11.7. The molecule has 0 aromatic heterocycles. The van der Waals surface area contributed by atoms with E-state index in [2.05, 4.69) is 9.71 Å². The Bertz CT molecular complexity index is 624. The van der Waals surface area contributed by atoms with Crippen molar-refractivity contribution in [2.45, 2.75) is 4.90 Å². The average molecular weight is 284 g/mol. The number of rotatable bonds is 5. The van der Waals surface area contributed by atoms with Crippen molar-refractivity contribution in [3.8, 4) is 0 Å². The zero-order valence-corrected chi connectivity index (χ0v) is 10.7. The first-order valence-electron chi connectivity index (χ1n) is 5.47. The number of carboxylic acid groups (broad SMARTS) is 1. The molecular weight excluding hydrogens is 272 g/mol. The van der Waals surface area contributed by atoms with Gasteiger partial charge in [-0.2, -0.15) is 0 Å². The summed E-state index contributed by atoms with van der Waals surface area (Å²) < 4.78 is 30.6. The summed E-state index contributed by atoms with van der Waals surface area (Å²) in [7, 11) is -3.53. The summed E-state index contributed by atoms with van der Waals surface area (Å²) in [5, 5.41) is 8.37. The van der Waals surface area contributed by atoms with Gasteiger partial charge in [0, 0.05) is 5.56 Å². The Labute approximate surface area is 110 Å². The SMILES string of the molecule is O=C(O)COCCN=C1NS(=O)(=O)c2ccccc21. The van der Waals surface area contributed by atoms with Crippen LogP contribution in [-0.2, 0) is 19.6 Å². The molecule has 2 rings (SSSR count). The first kappa shape index (κ1) is 13.5. The van der Waals surface area contributed by atoms with Gasteiger partial charge in [0.25, 0.3) is 10.0 Å². The summed E-state index contributed by atoms with van der Waals surface area (Å²) in [5.41, 5.74) is 0.515. The van der Waals surface area contributed by atoms with E-state index in [0.717, 1.165) is 0 Å². The Morgan fingerprint density at radius 1 is 1.37 bits per heavy atom. The molecule has 0 radical (unpaired) electrons. The van der Waals surface area contributed by atoms with Gasteiger partial charge in [0.05, 0.1) is 18.0 Å². The van der Waals surface area contributed by atoms with Crippen LogP contribution in [0.15, 0.2) is 34.2 Å². The summed E-state index contributed by atoms with van der Waals surface area (Å²) in [4.78, 5) is 14.5. The highest BCUT2D eigenvalue weighted by Crippen LogP contribution is 2.21. The van der Waals surface area contributed by atoms with E-state index >= 15 is 0 Å². The van der Waals surface area contributed by atoms with Crippen LogP contribution in [0, 0.1) is 0 Å². The number of aliphatic imine (C=N–C) groups is 1. The topological polar surface area (TPSA) is 105 Å². The molecular formula is C11H12N2O5S. The fourth-order valence-corrected chi connectivity index (χ4v) is 2.88. The van der Waals surface area contributed by atoms with E-state index in [-0.39, 0.29) is 23.9 Å². The number of hydrogen-bond donors (Lipinski definition) is 2. The number of hydrogen-bond acceptors (Lipinski definition) is 5. The van der Waals surface area contributed by atoms with Gasteiger partial charge in [0.15, 0.2) is 0 Å². The lowest BCUT2D eigenvalue weighted by molar-refractivity contribution is -0.142. The molecule has 0 saturated carbocycles. The van der Waals surface area contributed by atoms with Gasteiger partial charge in [-0.15, -0.1) is 0 Å². The number of fused-ring (bicyclic) bond motifs is 1. The zero-order valence-electron chi connectivity index (χ0n) is 9.87. The summed E-state index contributed by atoms with van der Waals surface area (Å²) >= 11 is 0. The molecule has 1 aromatic rings. The lowest BCUT2D eigenvalue weighted by Crippen LogP contribution is -2.23. The largest absolute Gasteiger partial charge is 0.480 e. The Kier molecular flexibility index (Phi) is 3.82. The molecule has 0 aliphatic carbocycles. The highest BCUT2D eigenvalue weighted by molar-refractivity contribution is 7.90. The van der Waals surface area contributed by atoms with Crippen molar-refractivity contribution >= 4 is 21.8 Å². The molecule has 0 unspecified atom stereocenters. The first-order valence-corrected chi connectivity index (χ1v) is 6.95. The maximum Gasteiger partial charge on any atom is 0.329 e. The number of carbonyl (C=O) groups is 1. The monoisotopic (exact) mass is 284 g/mol. The van der Waals surface area contributed by atoms with E-state index in [0.29, 0.717) is 5.56 Å². The molecule has 1 aliphatic rings. The van der Waals surface area contributed by atoms with Crippen LogP contribution in [0.2, 0.25) is 0 Å². The van der Waals surface area contributed by atoms with E-state index in [4.69, 9.17) is 9.84 Å². The molecule has 0 saturated heterocycles. The lowest BCUT2D eigenvalue weighted by Gasteiger charge is -2.00. The van der Waals surface area contributed by atoms with Crippen LogP contribution in [0.5, 0.6) is 0 Å². The van der Waals surface area contributed by atoms with Crippen LogP contribution in [0.3, 0.4) is 0 Å². The molecule has 19 heavy (non-hydrogen) atoms. The molecule has 1 heterocycles. The third kappa shape index (κ3) is 3.09. The molecule has 2 N–H and O–H groups in total. The highest BCUT2D eigenvalue weighted by atomic mass is 32.2. The predicted molar refractivity (Wildman–Crippen MR) is 66.6 cm³/mol. The van der Waals surface area contributed by atoms with E-state index in [1.54, 1.807) is 18.2 Å². The van der Waals surface area contributed by atoms with Crippen molar-refractivity contribution in [3.63, 3.8) is 0 Å². The zero-order chi connectivity index (χ0) is 13.9. The molecule has 7 nitrogen and oxygen atoms in total. The maximum atomic E-state index is 11.7. The second kappa shape index (κ2) is 5.37. The highest BCUT2D eigenvalue weighted by Gasteiger charge is 2.29. The van der Waals surface area contributed by atoms with Gasteiger partial charge >= 0.3 is 5.97 Å². The molecule has 0 atom stereocenters. The van der Waals surface area contributed by atoms with Crippen molar-refractivity contribution in [1.82, 2.24) is 4.72 Å². The number of carboxylic acids is 1.